The average Bonchev–Trinajstić information content (AvgIpc) is 2.81. The minimum absolute atomic E-state index is 0.0450. The van der Waals surface area contributed by atoms with Crippen LogP contribution in [0.15, 0.2) is 78.9 Å². The fourth-order valence-corrected chi connectivity index (χ4v) is 3.99. The van der Waals surface area contributed by atoms with E-state index in [9.17, 15) is 9.59 Å². The fraction of sp³-hybridized carbons (Fsp3) is 0.310. The fourth-order valence-electron chi connectivity index (χ4n) is 3.99. The van der Waals surface area contributed by atoms with Crippen LogP contribution >= 0.6 is 0 Å². The highest BCUT2D eigenvalue weighted by atomic mass is 16.2. The summed E-state index contributed by atoms with van der Waals surface area (Å²) >= 11 is 0. The summed E-state index contributed by atoms with van der Waals surface area (Å²) in [4.78, 5) is 28.8. The van der Waals surface area contributed by atoms with Crippen molar-refractivity contribution in [3.8, 4) is 0 Å². The maximum absolute atomic E-state index is 13.7. The lowest BCUT2D eigenvalue weighted by Gasteiger charge is -2.32. The van der Waals surface area contributed by atoms with Gasteiger partial charge in [-0.15, -0.1) is 0 Å². The maximum Gasteiger partial charge on any atom is 0.243 e. The van der Waals surface area contributed by atoms with Crippen LogP contribution in [-0.4, -0.2) is 29.3 Å². The van der Waals surface area contributed by atoms with Gasteiger partial charge in [0.1, 0.15) is 6.04 Å². The molecule has 0 saturated heterocycles. The smallest absolute Gasteiger partial charge is 0.243 e. The van der Waals surface area contributed by atoms with Crippen LogP contribution in [0.2, 0.25) is 0 Å². The minimum Gasteiger partial charge on any atom is -0.354 e. The van der Waals surface area contributed by atoms with Crippen LogP contribution in [0.4, 0.5) is 0 Å². The van der Waals surface area contributed by atoms with Gasteiger partial charge in [0, 0.05) is 19.5 Å². The Morgan fingerprint density at radius 1 is 0.879 bits per heavy atom. The number of nitrogens with zero attached hydrogens (tertiary/aromatic N) is 1. The molecule has 4 heteroatoms. The van der Waals surface area contributed by atoms with Crippen molar-refractivity contribution in [3.63, 3.8) is 0 Å². The molecule has 4 nitrogen and oxygen atoms in total. The topological polar surface area (TPSA) is 49.4 Å². The Morgan fingerprint density at radius 2 is 1.58 bits per heavy atom. The number of hydrogen-bond acceptors (Lipinski definition) is 2. The second-order valence-electron chi connectivity index (χ2n) is 8.61. The van der Waals surface area contributed by atoms with Crippen molar-refractivity contribution in [2.24, 2.45) is 0 Å². The van der Waals surface area contributed by atoms with Crippen LogP contribution in [0.25, 0.3) is 0 Å². The predicted molar refractivity (Wildman–Crippen MR) is 134 cm³/mol. The van der Waals surface area contributed by atoms with E-state index in [2.05, 4.69) is 5.32 Å². The van der Waals surface area contributed by atoms with Crippen molar-refractivity contribution in [2.45, 2.75) is 52.6 Å². The summed E-state index contributed by atoms with van der Waals surface area (Å²) in [6.07, 6.45) is 1.58. The van der Waals surface area contributed by atoms with Crippen LogP contribution in [0.5, 0.6) is 0 Å². The summed E-state index contributed by atoms with van der Waals surface area (Å²) in [7, 11) is 0. The summed E-state index contributed by atoms with van der Waals surface area (Å²) in [6, 6.07) is 25.4. The Kier molecular flexibility index (Phi) is 8.82. The minimum atomic E-state index is -0.587. The molecule has 3 aromatic carbocycles. The van der Waals surface area contributed by atoms with Crippen molar-refractivity contribution >= 4 is 11.8 Å². The molecule has 0 bridgehead atoms. The van der Waals surface area contributed by atoms with Crippen molar-refractivity contribution < 1.29 is 9.59 Å². The zero-order valence-corrected chi connectivity index (χ0v) is 19.9. The molecule has 2 amide bonds. The van der Waals surface area contributed by atoms with Gasteiger partial charge in [0.2, 0.25) is 11.8 Å². The number of carbonyl (C=O) groups excluding carboxylic acids is 2. The van der Waals surface area contributed by atoms with Gasteiger partial charge in [0.15, 0.2) is 0 Å². The van der Waals surface area contributed by atoms with Crippen LogP contribution in [-0.2, 0) is 29.0 Å². The highest BCUT2D eigenvalue weighted by Crippen LogP contribution is 2.18. The molecular weight excluding hydrogens is 408 g/mol. The second kappa shape index (κ2) is 12.0. The Balaban J connectivity index is 1.96. The van der Waals surface area contributed by atoms with E-state index in [0.29, 0.717) is 19.5 Å². The Labute approximate surface area is 197 Å². The largest absolute Gasteiger partial charge is 0.354 e. The van der Waals surface area contributed by atoms with E-state index in [4.69, 9.17) is 0 Å². The Hall–Kier alpha value is -3.40. The molecule has 3 rings (SSSR count). The first-order valence-corrected chi connectivity index (χ1v) is 11.7. The molecule has 0 unspecified atom stereocenters. The van der Waals surface area contributed by atoms with E-state index >= 15 is 0 Å². The highest BCUT2D eigenvalue weighted by molar-refractivity contribution is 5.88. The number of hydrogen-bond donors (Lipinski definition) is 1. The molecule has 172 valence electrons. The molecule has 0 aliphatic rings. The van der Waals surface area contributed by atoms with Crippen molar-refractivity contribution in [1.29, 1.82) is 0 Å². The number of carbonyl (C=O) groups is 2. The first-order valence-electron chi connectivity index (χ1n) is 11.7. The molecule has 0 radical (unpaired) electrons. The molecular formula is C29H34N2O2. The zero-order valence-electron chi connectivity index (χ0n) is 19.9. The van der Waals surface area contributed by atoms with E-state index in [1.165, 1.54) is 0 Å². The van der Waals surface area contributed by atoms with E-state index in [1.54, 1.807) is 4.90 Å². The molecule has 0 aromatic heterocycles. The van der Waals surface area contributed by atoms with Gasteiger partial charge in [-0.1, -0.05) is 91.3 Å². The average molecular weight is 443 g/mol. The molecule has 1 atom stereocenters. The third-order valence-electron chi connectivity index (χ3n) is 5.86. The summed E-state index contributed by atoms with van der Waals surface area (Å²) in [5.74, 6) is -0.150. The lowest BCUT2D eigenvalue weighted by Crippen LogP contribution is -2.51. The molecule has 1 N–H and O–H groups in total. The van der Waals surface area contributed by atoms with E-state index in [0.717, 1.165) is 34.2 Å². The van der Waals surface area contributed by atoms with Gasteiger partial charge in [-0.25, -0.2) is 0 Å². The molecule has 0 fully saturated rings. The number of benzene rings is 3. The van der Waals surface area contributed by atoms with E-state index in [1.807, 2.05) is 99.6 Å². The molecule has 3 aromatic rings. The van der Waals surface area contributed by atoms with Crippen LogP contribution in [0, 0.1) is 13.8 Å². The number of aryl methyl sites for hydroxylation is 2. The first-order chi connectivity index (χ1) is 16.0. The van der Waals surface area contributed by atoms with Gasteiger partial charge < -0.3 is 10.2 Å². The summed E-state index contributed by atoms with van der Waals surface area (Å²) < 4.78 is 0. The highest BCUT2D eigenvalue weighted by Gasteiger charge is 2.30. The molecule has 0 heterocycles. The molecule has 33 heavy (non-hydrogen) atoms. The lowest BCUT2D eigenvalue weighted by molar-refractivity contribution is -0.140. The van der Waals surface area contributed by atoms with Gasteiger partial charge in [-0.2, -0.15) is 0 Å². The second-order valence-corrected chi connectivity index (χ2v) is 8.61. The summed E-state index contributed by atoms with van der Waals surface area (Å²) in [5.41, 5.74) is 5.27. The number of rotatable bonds is 10. The maximum atomic E-state index is 13.7. The quantitative estimate of drug-likeness (QED) is 0.480. The molecule has 0 saturated carbocycles. The van der Waals surface area contributed by atoms with Crippen molar-refractivity contribution in [1.82, 2.24) is 10.2 Å². The van der Waals surface area contributed by atoms with Crippen LogP contribution in [0.1, 0.15) is 41.2 Å². The number of nitrogens with one attached hydrogen (secondary N) is 1. The van der Waals surface area contributed by atoms with Crippen molar-refractivity contribution in [2.75, 3.05) is 6.54 Å². The normalized spacial score (nSPS) is 11.6. The van der Waals surface area contributed by atoms with Gasteiger partial charge in [0.25, 0.3) is 0 Å². The monoisotopic (exact) mass is 442 g/mol. The third kappa shape index (κ3) is 7.04. The molecule has 0 aliphatic heterocycles. The molecule has 0 spiro atoms. The Bertz CT molecular complexity index is 1060. The Morgan fingerprint density at radius 3 is 2.27 bits per heavy atom. The van der Waals surface area contributed by atoms with E-state index < -0.39 is 6.04 Å². The van der Waals surface area contributed by atoms with Gasteiger partial charge in [0.05, 0.1) is 6.42 Å². The number of amides is 2. The van der Waals surface area contributed by atoms with Crippen LogP contribution in [0.3, 0.4) is 0 Å². The predicted octanol–water partition coefficient (Wildman–Crippen LogP) is 5.01. The third-order valence-corrected chi connectivity index (χ3v) is 5.86. The van der Waals surface area contributed by atoms with Gasteiger partial charge in [-0.05, 0) is 42.5 Å². The summed E-state index contributed by atoms with van der Waals surface area (Å²) in [5, 5.41) is 3.03. The van der Waals surface area contributed by atoms with Gasteiger partial charge in [-0.3, -0.25) is 9.59 Å². The summed E-state index contributed by atoms with van der Waals surface area (Å²) in [6.45, 7) is 7.08. The lowest BCUT2D eigenvalue weighted by atomic mass is 10.00. The van der Waals surface area contributed by atoms with E-state index in [-0.39, 0.29) is 18.2 Å². The SMILES string of the molecule is CCCNC(=O)[C@H](Cc1ccccc1)N(Cc1ccccc1C)C(=O)Cc1cccc(C)c1. The van der Waals surface area contributed by atoms with Crippen molar-refractivity contribution in [3.05, 3.63) is 107 Å². The standard InChI is InChI=1S/C29H34N2O2/c1-4-17-30-29(33)27(19-24-13-6-5-7-14-24)31(21-26-16-9-8-12-23(26)3)28(32)20-25-15-10-11-22(2)18-25/h5-16,18,27H,4,17,19-21H2,1-3H3,(H,30,33)/t27-/m0/s1. The molecule has 0 aliphatic carbocycles. The zero-order chi connectivity index (χ0) is 23.6. The van der Waals surface area contributed by atoms with Crippen LogP contribution < -0.4 is 5.32 Å². The first kappa shape index (κ1) is 24.2. The van der Waals surface area contributed by atoms with Gasteiger partial charge >= 0.3 is 0 Å².